The van der Waals surface area contributed by atoms with Crippen molar-refractivity contribution in [3.63, 3.8) is 0 Å². The van der Waals surface area contributed by atoms with Crippen molar-refractivity contribution in [1.82, 2.24) is 4.98 Å². The molecule has 2 unspecified atom stereocenters. The van der Waals surface area contributed by atoms with E-state index in [4.69, 9.17) is 0 Å². The minimum absolute atomic E-state index is 0.290. The molecule has 3 nitrogen and oxygen atoms in total. The van der Waals surface area contributed by atoms with Crippen LogP contribution in [-0.4, -0.2) is 26.6 Å². The second kappa shape index (κ2) is 5.38. The molecule has 0 radical (unpaired) electrons. The molecule has 0 bridgehead atoms. The molecule has 0 aromatic carbocycles. The fourth-order valence-corrected chi connectivity index (χ4v) is 1.55. The number of aliphatic hydroxyl groups excluding tert-OH is 2. The van der Waals surface area contributed by atoms with Crippen LogP contribution in [0.1, 0.15) is 18.1 Å². The summed E-state index contributed by atoms with van der Waals surface area (Å²) in [5, 5.41) is 19.6. The van der Waals surface area contributed by atoms with Gasteiger partial charge in [-0.2, -0.15) is 0 Å². The smallest absolute Gasteiger partial charge is 0.141 e. The van der Waals surface area contributed by atoms with E-state index in [2.05, 4.69) is 20.9 Å². The number of halogens is 2. The normalized spacial score (nSPS) is 15.1. The first kappa shape index (κ1) is 11.6. The minimum atomic E-state index is -1.09. The van der Waals surface area contributed by atoms with Gasteiger partial charge in [-0.15, -0.1) is 0 Å². The topological polar surface area (TPSA) is 53.4 Å². The lowest BCUT2D eigenvalue weighted by molar-refractivity contribution is 0.0170. The van der Waals surface area contributed by atoms with Crippen LogP contribution in [0, 0.1) is 5.82 Å². The average Bonchev–Trinajstić information content (AvgIpc) is 2.17. The Morgan fingerprint density at radius 2 is 2.14 bits per heavy atom. The van der Waals surface area contributed by atoms with E-state index in [1.54, 1.807) is 0 Å². The number of rotatable bonds is 4. The number of pyridine rings is 1. The van der Waals surface area contributed by atoms with Gasteiger partial charge in [0.25, 0.3) is 0 Å². The van der Waals surface area contributed by atoms with E-state index in [1.807, 2.05) is 0 Å². The summed E-state index contributed by atoms with van der Waals surface area (Å²) in [5.41, 5.74) is 0.290. The van der Waals surface area contributed by atoms with Crippen LogP contribution in [-0.2, 0) is 0 Å². The Kier molecular flexibility index (Phi) is 4.44. The molecule has 0 saturated heterocycles. The number of aromatic nitrogens is 1. The number of hydrogen-bond acceptors (Lipinski definition) is 3. The predicted octanol–water partition coefficient (Wildman–Crippen LogP) is 1.40. The molecule has 0 fully saturated rings. The molecule has 0 spiro atoms. The SMILES string of the molecule is OC(CCBr)C(O)c1cncc(F)c1. The minimum Gasteiger partial charge on any atom is -0.390 e. The van der Waals surface area contributed by atoms with E-state index in [1.165, 1.54) is 6.20 Å². The van der Waals surface area contributed by atoms with Gasteiger partial charge in [-0.3, -0.25) is 4.98 Å². The van der Waals surface area contributed by atoms with Gasteiger partial charge in [-0.25, -0.2) is 4.39 Å². The molecule has 1 heterocycles. The molecule has 14 heavy (non-hydrogen) atoms. The standard InChI is InChI=1S/C9H11BrFNO2/c10-2-1-8(13)9(14)6-3-7(11)5-12-4-6/h3-5,8-9,13-14H,1-2H2. The van der Waals surface area contributed by atoms with E-state index in [-0.39, 0.29) is 0 Å². The summed E-state index contributed by atoms with van der Waals surface area (Å²) in [6.07, 6.45) is 0.796. The van der Waals surface area contributed by atoms with Gasteiger partial charge in [0.1, 0.15) is 11.9 Å². The lowest BCUT2D eigenvalue weighted by Crippen LogP contribution is -2.18. The number of alkyl halides is 1. The first-order valence-electron chi connectivity index (χ1n) is 4.17. The molecule has 1 aromatic heterocycles. The van der Waals surface area contributed by atoms with Gasteiger partial charge in [0.05, 0.1) is 12.3 Å². The van der Waals surface area contributed by atoms with Gasteiger partial charge in [-0.05, 0) is 12.5 Å². The lowest BCUT2D eigenvalue weighted by Gasteiger charge is -2.16. The zero-order valence-electron chi connectivity index (χ0n) is 7.40. The summed E-state index contributed by atoms with van der Waals surface area (Å²) in [4.78, 5) is 3.59. The number of nitrogens with zero attached hydrogens (tertiary/aromatic N) is 1. The number of aliphatic hydroxyl groups is 2. The van der Waals surface area contributed by atoms with Gasteiger partial charge in [-0.1, -0.05) is 15.9 Å². The van der Waals surface area contributed by atoms with Gasteiger partial charge in [0.15, 0.2) is 0 Å². The predicted molar refractivity (Wildman–Crippen MR) is 53.6 cm³/mol. The van der Waals surface area contributed by atoms with Crippen LogP contribution in [0.2, 0.25) is 0 Å². The van der Waals surface area contributed by atoms with Gasteiger partial charge >= 0.3 is 0 Å². The zero-order valence-corrected chi connectivity index (χ0v) is 8.98. The lowest BCUT2D eigenvalue weighted by atomic mass is 10.0. The molecule has 0 aliphatic rings. The molecule has 0 saturated carbocycles. The molecule has 2 atom stereocenters. The fraction of sp³-hybridized carbons (Fsp3) is 0.444. The van der Waals surface area contributed by atoms with Crippen LogP contribution >= 0.6 is 15.9 Å². The second-order valence-corrected chi connectivity index (χ2v) is 3.72. The monoisotopic (exact) mass is 263 g/mol. The third kappa shape index (κ3) is 3.01. The third-order valence-corrected chi connectivity index (χ3v) is 2.29. The molecular formula is C9H11BrFNO2. The average molecular weight is 264 g/mol. The summed E-state index contributed by atoms with van der Waals surface area (Å²) in [6.45, 7) is 0. The molecule has 0 aliphatic carbocycles. The Hall–Kier alpha value is -0.520. The highest BCUT2D eigenvalue weighted by molar-refractivity contribution is 9.09. The molecule has 1 aromatic rings. The van der Waals surface area contributed by atoms with E-state index in [0.29, 0.717) is 17.3 Å². The van der Waals surface area contributed by atoms with E-state index in [0.717, 1.165) is 12.3 Å². The first-order valence-corrected chi connectivity index (χ1v) is 5.30. The molecular weight excluding hydrogens is 253 g/mol. The highest BCUT2D eigenvalue weighted by Crippen LogP contribution is 2.19. The highest BCUT2D eigenvalue weighted by atomic mass is 79.9. The quantitative estimate of drug-likeness (QED) is 0.808. The van der Waals surface area contributed by atoms with Crippen molar-refractivity contribution >= 4 is 15.9 Å². The molecule has 5 heteroatoms. The highest BCUT2D eigenvalue weighted by Gasteiger charge is 2.18. The van der Waals surface area contributed by atoms with Crippen molar-refractivity contribution < 1.29 is 14.6 Å². The summed E-state index contributed by atoms with van der Waals surface area (Å²) in [6, 6.07) is 1.16. The first-order chi connectivity index (χ1) is 6.65. The van der Waals surface area contributed by atoms with Crippen LogP contribution in [0.4, 0.5) is 4.39 Å². The fourth-order valence-electron chi connectivity index (χ4n) is 1.08. The van der Waals surface area contributed by atoms with Crippen molar-refractivity contribution in [2.75, 3.05) is 5.33 Å². The maximum atomic E-state index is 12.7. The molecule has 0 aliphatic heterocycles. The van der Waals surface area contributed by atoms with Crippen molar-refractivity contribution in [2.24, 2.45) is 0 Å². The molecule has 1 rings (SSSR count). The van der Waals surface area contributed by atoms with Gasteiger partial charge in [0.2, 0.25) is 0 Å². The summed E-state index contributed by atoms with van der Waals surface area (Å²) in [5.74, 6) is -0.521. The van der Waals surface area contributed by atoms with E-state index in [9.17, 15) is 14.6 Å². The number of hydrogen-bond donors (Lipinski definition) is 2. The third-order valence-electron chi connectivity index (χ3n) is 1.84. The molecule has 0 amide bonds. The van der Waals surface area contributed by atoms with Crippen LogP contribution in [0.25, 0.3) is 0 Å². The van der Waals surface area contributed by atoms with Crippen LogP contribution in [0.3, 0.4) is 0 Å². The molecule has 78 valence electrons. The zero-order chi connectivity index (χ0) is 10.6. The van der Waals surface area contributed by atoms with E-state index >= 15 is 0 Å². The Balaban J connectivity index is 2.73. The maximum absolute atomic E-state index is 12.7. The van der Waals surface area contributed by atoms with Crippen LogP contribution in [0.5, 0.6) is 0 Å². The second-order valence-electron chi connectivity index (χ2n) is 2.93. The Bertz CT molecular complexity index is 298. The van der Waals surface area contributed by atoms with Crippen molar-refractivity contribution in [1.29, 1.82) is 0 Å². The largest absolute Gasteiger partial charge is 0.390 e. The Labute approximate surface area is 89.7 Å². The summed E-state index contributed by atoms with van der Waals surface area (Å²) >= 11 is 3.14. The van der Waals surface area contributed by atoms with Crippen LogP contribution < -0.4 is 0 Å². The van der Waals surface area contributed by atoms with Crippen molar-refractivity contribution in [3.8, 4) is 0 Å². The maximum Gasteiger partial charge on any atom is 0.141 e. The summed E-state index contributed by atoms with van der Waals surface area (Å²) in [7, 11) is 0. The Morgan fingerprint density at radius 3 is 2.71 bits per heavy atom. The van der Waals surface area contributed by atoms with Crippen LogP contribution in [0.15, 0.2) is 18.5 Å². The molecule has 2 N–H and O–H groups in total. The van der Waals surface area contributed by atoms with Gasteiger partial charge in [0, 0.05) is 17.1 Å². The summed E-state index contributed by atoms with van der Waals surface area (Å²) < 4.78 is 12.7. The van der Waals surface area contributed by atoms with Crippen molar-refractivity contribution in [2.45, 2.75) is 18.6 Å². The van der Waals surface area contributed by atoms with E-state index < -0.39 is 18.0 Å². The van der Waals surface area contributed by atoms with Gasteiger partial charge < -0.3 is 10.2 Å². The Morgan fingerprint density at radius 1 is 1.43 bits per heavy atom. The van der Waals surface area contributed by atoms with Crippen molar-refractivity contribution in [3.05, 3.63) is 29.8 Å².